The zero-order valence-electron chi connectivity index (χ0n) is 14.9. The molecule has 2 aromatic rings. The van der Waals surface area contributed by atoms with Crippen LogP contribution in [-0.2, 0) is 11.2 Å². The lowest BCUT2D eigenvalue weighted by Gasteiger charge is -2.08. The highest BCUT2D eigenvalue weighted by Gasteiger charge is 2.06. The van der Waals surface area contributed by atoms with Gasteiger partial charge in [-0.3, -0.25) is 9.79 Å². The average Bonchev–Trinajstić information content (AvgIpc) is 2.58. The van der Waals surface area contributed by atoms with Gasteiger partial charge in [0.25, 0.3) is 0 Å². The number of benzene rings is 2. The Morgan fingerprint density at radius 1 is 1.15 bits per heavy atom. The molecule has 140 valence electrons. The Hall–Kier alpha value is -1.80. The Bertz CT molecular complexity index is 763. The monoisotopic (exact) mass is 486 g/mol. The molecule has 2 rings (SSSR count). The Labute approximate surface area is 176 Å². The molecule has 0 aliphatic rings. The molecule has 0 saturated heterocycles. The van der Waals surface area contributed by atoms with Crippen LogP contribution in [0.4, 0.5) is 11.4 Å². The highest BCUT2D eigenvalue weighted by atomic mass is 127. The van der Waals surface area contributed by atoms with Gasteiger partial charge in [-0.05, 0) is 48.7 Å². The second-order valence-corrected chi connectivity index (χ2v) is 6.13. The van der Waals surface area contributed by atoms with Crippen LogP contribution in [0.5, 0.6) is 0 Å². The standard InChI is InChI=1S/C19H23ClN4O.HI/c1-3-14-5-7-15(8-6-14)23-19(21)22-11-10-18(25)24-17-9-4-13(2)12-16(17)20;/h4-9,12H,3,10-11H2,1-2H3,(H,24,25)(H3,21,22,23);1H. The van der Waals surface area contributed by atoms with E-state index in [4.69, 9.17) is 17.3 Å². The topological polar surface area (TPSA) is 79.5 Å². The summed E-state index contributed by atoms with van der Waals surface area (Å²) in [7, 11) is 0. The fraction of sp³-hybridized carbons (Fsp3) is 0.263. The molecule has 5 nitrogen and oxygen atoms in total. The predicted molar refractivity (Wildman–Crippen MR) is 121 cm³/mol. The summed E-state index contributed by atoms with van der Waals surface area (Å²) in [6.07, 6.45) is 1.21. The third-order valence-electron chi connectivity index (χ3n) is 3.65. The van der Waals surface area contributed by atoms with Crippen molar-refractivity contribution in [3.8, 4) is 0 Å². The molecule has 0 aliphatic carbocycles. The second kappa shape index (κ2) is 11.0. The van der Waals surface area contributed by atoms with Crippen LogP contribution in [0.3, 0.4) is 0 Å². The number of amides is 1. The maximum Gasteiger partial charge on any atom is 0.226 e. The van der Waals surface area contributed by atoms with Crippen molar-refractivity contribution >= 4 is 58.8 Å². The lowest BCUT2D eigenvalue weighted by atomic mass is 10.1. The van der Waals surface area contributed by atoms with Crippen LogP contribution in [0.15, 0.2) is 47.5 Å². The van der Waals surface area contributed by atoms with Gasteiger partial charge >= 0.3 is 0 Å². The molecule has 2 aromatic carbocycles. The van der Waals surface area contributed by atoms with E-state index in [1.165, 1.54) is 5.56 Å². The first kappa shape index (κ1) is 22.2. The maximum atomic E-state index is 12.0. The van der Waals surface area contributed by atoms with Gasteiger partial charge < -0.3 is 16.4 Å². The number of nitrogens with zero attached hydrogens (tertiary/aromatic N) is 1. The van der Waals surface area contributed by atoms with Crippen molar-refractivity contribution in [2.24, 2.45) is 10.7 Å². The minimum Gasteiger partial charge on any atom is -0.370 e. The molecule has 0 saturated carbocycles. The smallest absolute Gasteiger partial charge is 0.226 e. The van der Waals surface area contributed by atoms with Gasteiger partial charge in [0, 0.05) is 12.1 Å². The molecule has 0 bridgehead atoms. The number of nitrogens with one attached hydrogen (secondary N) is 2. The van der Waals surface area contributed by atoms with Crippen LogP contribution < -0.4 is 16.4 Å². The van der Waals surface area contributed by atoms with Gasteiger partial charge in [-0.25, -0.2) is 0 Å². The normalized spacial score (nSPS) is 10.8. The van der Waals surface area contributed by atoms with Crippen molar-refractivity contribution < 1.29 is 4.79 Å². The molecule has 26 heavy (non-hydrogen) atoms. The van der Waals surface area contributed by atoms with Crippen LogP contribution in [0.2, 0.25) is 5.02 Å². The summed E-state index contributed by atoms with van der Waals surface area (Å²) in [5, 5.41) is 6.30. The molecule has 0 fully saturated rings. The maximum absolute atomic E-state index is 12.0. The summed E-state index contributed by atoms with van der Waals surface area (Å²) in [6, 6.07) is 13.5. The van der Waals surface area contributed by atoms with E-state index in [-0.39, 0.29) is 42.3 Å². The SMILES string of the molecule is CCc1ccc(NC(N)=NCCC(=O)Nc2ccc(C)cc2Cl)cc1.I. The molecule has 1 amide bonds. The molecule has 0 spiro atoms. The molecule has 0 unspecified atom stereocenters. The third kappa shape index (κ3) is 7.21. The van der Waals surface area contributed by atoms with Crippen molar-refractivity contribution in [1.29, 1.82) is 0 Å². The largest absolute Gasteiger partial charge is 0.370 e. The Kier molecular flexibility index (Phi) is 9.43. The molecule has 0 aromatic heterocycles. The van der Waals surface area contributed by atoms with Crippen molar-refractivity contribution in [2.75, 3.05) is 17.2 Å². The van der Waals surface area contributed by atoms with E-state index in [0.717, 1.165) is 17.7 Å². The molecular weight excluding hydrogens is 463 g/mol. The molecule has 0 atom stereocenters. The number of aliphatic imine (C=N–C) groups is 1. The fourth-order valence-corrected chi connectivity index (χ4v) is 2.51. The van der Waals surface area contributed by atoms with E-state index in [9.17, 15) is 4.79 Å². The highest BCUT2D eigenvalue weighted by molar-refractivity contribution is 14.0. The molecule has 0 aliphatic heterocycles. The van der Waals surface area contributed by atoms with E-state index in [1.807, 2.05) is 37.3 Å². The summed E-state index contributed by atoms with van der Waals surface area (Å²) in [5.41, 5.74) is 9.61. The van der Waals surface area contributed by atoms with Crippen molar-refractivity contribution in [1.82, 2.24) is 0 Å². The Morgan fingerprint density at radius 2 is 1.85 bits per heavy atom. The van der Waals surface area contributed by atoms with E-state index >= 15 is 0 Å². The van der Waals surface area contributed by atoms with Gasteiger partial charge in [0.2, 0.25) is 5.91 Å². The van der Waals surface area contributed by atoms with E-state index in [0.29, 0.717) is 17.3 Å². The lowest BCUT2D eigenvalue weighted by Crippen LogP contribution is -2.23. The summed E-state index contributed by atoms with van der Waals surface area (Å²) >= 11 is 6.10. The number of nitrogens with two attached hydrogens (primary N) is 1. The number of aryl methyl sites for hydroxylation is 2. The van der Waals surface area contributed by atoms with E-state index in [2.05, 4.69) is 22.5 Å². The number of rotatable bonds is 6. The summed E-state index contributed by atoms with van der Waals surface area (Å²) in [6.45, 7) is 4.34. The second-order valence-electron chi connectivity index (χ2n) is 5.72. The van der Waals surface area contributed by atoms with Crippen LogP contribution in [-0.4, -0.2) is 18.4 Å². The average molecular weight is 487 g/mol. The first-order valence-corrected chi connectivity index (χ1v) is 8.57. The zero-order valence-corrected chi connectivity index (χ0v) is 18.0. The number of carbonyl (C=O) groups excluding carboxylic acids is 1. The van der Waals surface area contributed by atoms with E-state index in [1.54, 1.807) is 12.1 Å². The van der Waals surface area contributed by atoms with Crippen LogP contribution in [0, 0.1) is 6.92 Å². The lowest BCUT2D eigenvalue weighted by molar-refractivity contribution is -0.116. The number of hydrogen-bond acceptors (Lipinski definition) is 2. The molecule has 0 heterocycles. The minimum absolute atomic E-state index is 0. The number of halogens is 2. The van der Waals surface area contributed by atoms with Gasteiger partial charge in [0.1, 0.15) is 0 Å². The molecular formula is C19H24ClIN4O. The van der Waals surface area contributed by atoms with Crippen LogP contribution >= 0.6 is 35.6 Å². The number of carbonyl (C=O) groups is 1. The van der Waals surface area contributed by atoms with Gasteiger partial charge in [-0.1, -0.05) is 36.7 Å². The van der Waals surface area contributed by atoms with Crippen LogP contribution in [0.1, 0.15) is 24.5 Å². The number of anilines is 2. The molecule has 4 N–H and O–H groups in total. The van der Waals surface area contributed by atoms with Crippen molar-refractivity contribution in [3.63, 3.8) is 0 Å². The fourth-order valence-electron chi connectivity index (χ4n) is 2.22. The summed E-state index contributed by atoms with van der Waals surface area (Å²) in [4.78, 5) is 16.1. The number of guanidine groups is 1. The van der Waals surface area contributed by atoms with Crippen molar-refractivity contribution in [2.45, 2.75) is 26.7 Å². The zero-order chi connectivity index (χ0) is 18.2. The van der Waals surface area contributed by atoms with E-state index < -0.39 is 0 Å². The van der Waals surface area contributed by atoms with Gasteiger partial charge in [-0.2, -0.15) is 0 Å². The van der Waals surface area contributed by atoms with Gasteiger partial charge in [0.05, 0.1) is 17.3 Å². The van der Waals surface area contributed by atoms with Crippen molar-refractivity contribution in [3.05, 3.63) is 58.6 Å². The predicted octanol–water partition coefficient (Wildman–Crippen LogP) is 4.58. The number of hydrogen-bond donors (Lipinski definition) is 3. The van der Waals surface area contributed by atoms with Gasteiger partial charge in [0.15, 0.2) is 5.96 Å². The minimum atomic E-state index is -0.158. The summed E-state index contributed by atoms with van der Waals surface area (Å²) in [5.74, 6) is 0.125. The molecule has 7 heteroatoms. The Morgan fingerprint density at radius 3 is 2.46 bits per heavy atom. The summed E-state index contributed by atoms with van der Waals surface area (Å²) < 4.78 is 0. The highest BCUT2D eigenvalue weighted by Crippen LogP contribution is 2.22. The van der Waals surface area contributed by atoms with Gasteiger partial charge in [-0.15, -0.1) is 24.0 Å². The first-order chi connectivity index (χ1) is 12.0. The first-order valence-electron chi connectivity index (χ1n) is 8.20. The molecule has 0 radical (unpaired) electrons. The third-order valence-corrected chi connectivity index (χ3v) is 3.97. The quantitative estimate of drug-likeness (QED) is 0.318. The Balaban J connectivity index is 0.00000338. The van der Waals surface area contributed by atoms with Crippen LogP contribution in [0.25, 0.3) is 0 Å².